The van der Waals surface area contributed by atoms with Crippen LogP contribution in [0.25, 0.3) is 11.2 Å². The van der Waals surface area contributed by atoms with Crippen molar-refractivity contribution in [2.24, 2.45) is 11.7 Å². The van der Waals surface area contributed by atoms with Crippen molar-refractivity contribution >= 4 is 28.7 Å². The third kappa shape index (κ3) is 6.07. The van der Waals surface area contributed by atoms with E-state index in [9.17, 15) is 13.2 Å². The maximum atomic E-state index is 12.7. The van der Waals surface area contributed by atoms with E-state index in [1.807, 2.05) is 0 Å². The number of imidazole rings is 1. The van der Waals surface area contributed by atoms with Gasteiger partial charge < -0.3 is 25.8 Å². The number of hydrogen-bond donors (Lipinski definition) is 3. The standard InChI is InChI=1S/C25H32F3N7O2/c1-24(9-11-36-12-10-24)34-22-30-15-20-21(33-22)35(18-7-5-16(14-29)6-8-18)23(32-20)31-17-3-2-4-19(13-17)37-25(26,27)28/h2-4,13,15-16,18H,5-12,14,29H2,1H3,(H,31,32)(H,30,33,34)/t16-,18-. The zero-order valence-corrected chi connectivity index (χ0v) is 20.7. The molecule has 0 bridgehead atoms. The van der Waals surface area contributed by atoms with Gasteiger partial charge >= 0.3 is 6.36 Å². The first-order chi connectivity index (χ1) is 17.7. The molecule has 0 unspecified atom stereocenters. The molecule has 9 nitrogen and oxygen atoms in total. The van der Waals surface area contributed by atoms with Crippen LogP contribution in [0.3, 0.4) is 0 Å². The highest BCUT2D eigenvalue weighted by Gasteiger charge is 2.32. The number of nitrogens with one attached hydrogen (secondary N) is 2. The zero-order chi connectivity index (χ0) is 26.0. The van der Waals surface area contributed by atoms with E-state index in [-0.39, 0.29) is 17.3 Å². The van der Waals surface area contributed by atoms with Gasteiger partial charge in [0.25, 0.3) is 0 Å². The fraction of sp³-hybridized carbons (Fsp3) is 0.560. The molecule has 0 spiro atoms. The molecule has 1 aliphatic carbocycles. The van der Waals surface area contributed by atoms with Crippen molar-refractivity contribution < 1.29 is 22.6 Å². The van der Waals surface area contributed by atoms with E-state index in [0.717, 1.165) is 38.5 Å². The third-order valence-electron chi connectivity index (χ3n) is 7.28. The lowest BCUT2D eigenvalue weighted by Gasteiger charge is -2.34. The van der Waals surface area contributed by atoms with Crippen LogP contribution in [0, 0.1) is 5.92 Å². The van der Waals surface area contributed by atoms with Crippen molar-refractivity contribution in [2.45, 2.75) is 63.4 Å². The molecule has 2 fully saturated rings. The van der Waals surface area contributed by atoms with Crippen LogP contribution in [0.1, 0.15) is 51.5 Å². The van der Waals surface area contributed by atoms with Crippen molar-refractivity contribution in [3.8, 4) is 5.75 Å². The summed E-state index contributed by atoms with van der Waals surface area (Å²) in [6.07, 6.45) is 2.39. The summed E-state index contributed by atoms with van der Waals surface area (Å²) in [6.45, 7) is 4.16. The highest BCUT2D eigenvalue weighted by atomic mass is 19.4. The number of nitrogens with zero attached hydrogens (tertiary/aromatic N) is 4. The van der Waals surface area contributed by atoms with E-state index >= 15 is 0 Å². The van der Waals surface area contributed by atoms with Crippen LogP contribution in [0.4, 0.5) is 30.8 Å². The molecule has 3 heterocycles. The van der Waals surface area contributed by atoms with Crippen molar-refractivity contribution in [1.29, 1.82) is 0 Å². The zero-order valence-electron chi connectivity index (χ0n) is 20.7. The Kier molecular flexibility index (Phi) is 7.13. The maximum Gasteiger partial charge on any atom is 0.573 e. The Labute approximate surface area is 213 Å². The normalized spacial score (nSPS) is 22.1. The Bertz CT molecular complexity index is 1220. The minimum absolute atomic E-state index is 0.117. The molecule has 12 heteroatoms. The number of nitrogens with two attached hydrogens (primary N) is 1. The molecule has 2 aromatic heterocycles. The lowest BCUT2D eigenvalue weighted by atomic mass is 9.86. The summed E-state index contributed by atoms with van der Waals surface area (Å²) in [5, 5.41) is 6.67. The molecule has 1 saturated heterocycles. The average Bonchev–Trinajstić information content (AvgIpc) is 3.20. The van der Waals surface area contributed by atoms with Gasteiger partial charge in [-0.05, 0) is 70.0 Å². The predicted molar refractivity (Wildman–Crippen MR) is 134 cm³/mol. The Morgan fingerprint density at radius 3 is 2.62 bits per heavy atom. The number of halogens is 3. The number of anilines is 3. The molecular formula is C25H32F3N7O2. The molecule has 1 aromatic carbocycles. The van der Waals surface area contributed by atoms with Crippen LogP contribution >= 0.6 is 0 Å². The summed E-state index contributed by atoms with van der Waals surface area (Å²) in [7, 11) is 0. The molecular weight excluding hydrogens is 487 g/mol. The average molecular weight is 520 g/mol. The summed E-state index contributed by atoms with van der Waals surface area (Å²) >= 11 is 0. The van der Waals surface area contributed by atoms with Gasteiger partial charge in [0.1, 0.15) is 11.3 Å². The number of hydrogen-bond acceptors (Lipinski definition) is 8. The molecule has 37 heavy (non-hydrogen) atoms. The highest BCUT2D eigenvalue weighted by molar-refractivity contribution is 5.76. The molecule has 0 radical (unpaired) electrons. The van der Waals surface area contributed by atoms with Crippen LogP contribution in [-0.4, -0.2) is 51.2 Å². The lowest BCUT2D eigenvalue weighted by molar-refractivity contribution is -0.274. The summed E-state index contributed by atoms with van der Waals surface area (Å²) in [5.74, 6) is 1.19. The largest absolute Gasteiger partial charge is 0.573 e. The minimum atomic E-state index is -4.77. The van der Waals surface area contributed by atoms with Gasteiger partial charge in [-0.15, -0.1) is 13.2 Å². The second-order valence-corrected chi connectivity index (χ2v) is 10.1. The monoisotopic (exact) mass is 519 g/mol. The van der Waals surface area contributed by atoms with E-state index in [1.54, 1.807) is 12.3 Å². The van der Waals surface area contributed by atoms with Gasteiger partial charge in [0.2, 0.25) is 11.9 Å². The number of ether oxygens (including phenoxy) is 2. The topological polar surface area (TPSA) is 112 Å². The summed E-state index contributed by atoms with van der Waals surface area (Å²) in [5.41, 5.74) is 7.44. The Morgan fingerprint density at radius 2 is 1.92 bits per heavy atom. The molecule has 200 valence electrons. The highest BCUT2D eigenvalue weighted by Crippen LogP contribution is 2.37. The van der Waals surface area contributed by atoms with Gasteiger partial charge in [0.05, 0.1) is 6.20 Å². The summed E-state index contributed by atoms with van der Waals surface area (Å²) in [4.78, 5) is 14.1. The van der Waals surface area contributed by atoms with E-state index < -0.39 is 6.36 Å². The predicted octanol–water partition coefficient (Wildman–Crippen LogP) is 5.14. The van der Waals surface area contributed by atoms with Crippen LogP contribution in [0.2, 0.25) is 0 Å². The Hall–Kier alpha value is -3.12. The van der Waals surface area contributed by atoms with Crippen LogP contribution in [0.15, 0.2) is 30.5 Å². The fourth-order valence-corrected chi connectivity index (χ4v) is 5.14. The van der Waals surface area contributed by atoms with Gasteiger partial charge in [0.15, 0.2) is 5.65 Å². The van der Waals surface area contributed by atoms with Crippen molar-refractivity contribution in [2.75, 3.05) is 30.4 Å². The fourth-order valence-electron chi connectivity index (χ4n) is 5.14. The van der Waals surface area contributed by atoms with E-state index in [4.69, 9.17) is 20.4 Å². The van der Waals surface area contributed by atoms with Crippen LogP contribution in [0.5, 0.6) is 5.75 Å². The van der Waals surface area contributed by atoms with E-state index in [2.05, 4.69) is 31.8 Å². The Morgan fingerprint density at radius 1 is 1.16 bits per heavy atom. The molecule has 3 aromatic rings. The number of fused-ring (bicyclic) bond motifs is 1. The summed E-state index contributed by atoms with van der Waals surface area (Å²) < 4.78 is 49.9. The van der Waals surface area contributed by atoms with Gasteiger partial charge in [-0.3, -0.25) is 4.57 Å². The van der Waals surface area contributed by atoms with Gasteiger partial charge in [-0.1, -0.05) is 6.07 Å². The summed E-state index contributed by atoms with van der Waals surface area (Å²) in [6, 6.07) is 5.84. The first-order valence-electron chi connectivity index (χ1n) is 12.7. The first kappa shape index (κ1) is 25.5. The smallest absolute Gasteiger partial charge is 0.406 e. The van der Waals surface area contributed by atoms with Crippen LogP contribution < -0.4 is 21.1 Å². The SMILES string of the molecule is CC1(Nc2ncc3nc(Nc4cccc(OC(F)(F)F)c4)n([C@H]4CC[C@H](CN)CC4)c3n2)CCOCC1. The number of alkyl halides is 3. The second kappa shape index (κ2) is 10.3. The second-order valence-electron chi connectivity index (χ2n) is 10.1. The molecule has 4 N–H and O–H groups in total. The number of rotatable bonds is 7. The molecule has 0 atom stereocenters. The van der Waals surface area contributed by atoms with Crippen molar-refractivity contribution in [3.05, 3.63) is 30.5 Å². The third-order valence-corrected chi connectivity index (χ3v) is 7.28. The molecule has 1 aliphatic heterocycles. The maximum absolute atomic E-state index is 12.7. The van der Waals surface area contributed by atoms with E-state index in [1.165, 1.54) is 18.2 Å². The quantitative estimate of drug-likeness (QED) is 0.394. The molecule has 5 rings (SSSR count). The molecule has 1 saturated carbocycles. The van der Waals surface area contributed by atoms with E-state index in [0.29, 0.717) is 54.4 Å². The van der Waals surface area contributed by atoms with Gasteiger partial charge in [-0.25, -0.2) is 9.97 Å². The minimum Gasteiger partial charge on any atom is -0.406 e. The molecule has 0 amide bonds. The number of aromatic nitrogens is 4. The van der Waals surface area contributed by atoms with Crippen molar-refractivity contribution in [1.82, 2.24) is 19.5 Å². The first-order valence-corrected chi connectivity index (χ1v) is 12.7. The van der Waals surface area contributed by atoms with Gasteiger partial charge in [0, 0.05) is 36.5 Å². The van der Waals surface area contributed by atoms with Crippen LogP contribution in [-0.2, 0) is 4.74 Å². The van der Waals surface area contributed by atoms with Crippen molar-refractivity contribution in [3.63, 3.8) is 0 Å². The molecule has 2 aliphatic rings. The van der Waals surface area contributed by atoms with Gasteiger partial charge in [-0.2, -0.15) is 4.98 Å². The lowest BCUT2D eigenvalue weighted by Crippen LogP contribution is -2.41. The number of benzene rings is 1. The Balaban J connectivity index is 1.48.